The van der Waals surface area contributed by atoms with Gasteiger partial charge in [-0.05, 0) is 55.6 Å². The SMILES string of the molecule is Cc1ccc(S(=O)(=O)N(C)C[C@@H]2Oc3ccc(NS(=O)(=O)c4cccs4)cc3CC(=O)N([C@@H](C)CO)C[C@@H]2C)cc1. The Morgan fingerprint density at radius 3 is 2.49 bits per heavy atom. The van der Waals surface area contributed by atoms with Crippen molar-refractivity contribution in [2.45, 2.75) is 48.4 Å². The number of nitrogens with one attached hydrogen (secondary N) is 1. The van der Waals surface area contributed by atoms with Crippen molar-refractivity contribution >= 4 is 43.0 Å². The van der Waals surface area contributed by atoms with Gasteiger partial charge in [-0.15, -0.1) is 11.3 Å². The molecule has 0 aliphatic carbocycles. The van der Waals surface area contributed by atoms with Crippen LogP contribution in [0, 0.1) is 12.8 Å². The van der Waals surface area contributed by atoms with Crippen LogP contribution >= 0.6 is 11.3 Å². The molecule has 2 N–H and O–H groups in total. The number of hydrogen-bond donors (Lipinski definition) is 2. The van der Waals surface area contributed by atoms with E-state index in [1.54, 1.807) is 65.7 Å². The van der Waals surface area contributed by atoms with Crippen LogP contribution in [0.15, 0.2) is 69.1 Å². The number of amides is 1. The van der Waals surface area contributed by atoms with Crippen molar-refractivity contribution in [2.24, 2.45) is 5.92 Å². The van der Waals surface area contributed by atoms with E-state index >= 15 is 0 Å². The number of aryl methyl sites for hydroxylation is 1. The van der Waals surface area contributed by atoms with Gasteiger partial charge in [-0.25, -0.2) is 16.8 Å². The van der Waals surface area contributed by atoms with Crippen molar-refractivity contribution in [1.29, 1.82) is 0 Å². The van der Waals surface area contributed by atoms with Gasteiger partial charge in [0.05, 0.1) is 30.5 Å². The highest BCUT2D eigenvalue weighted by Crippen LogP contribution is 2.31. The zero-order chi connectivity index (χ0) is 29.9. The number of anilines is 1. The van der Waals surface area contributed by atoms with Gasteiger partial charge in [0.25, 0.3) is 10.0 Å². The highest BCUT2D eigenvalue weighted by molar-refractivity contribution is 7.94. The molecule has 222 valence electrons. The number of thiophene rings is 1. The molecular weight excluding hydrogens is 587 g/mol. The fourth-order valence-electron chi connectivity index (χ4n) is 4.57. The number of hydrogen-bond acceptors (Lipinski definition) is 8. The number of carbonyl (C=O) groups excluding carboxylic acids is 1. The van der Waals surface area contributed by atoms with E-state index in [4.69, 9.17) is 4.74 Å². The summed E-state index contributed by atoms with van der Waals surface area (Å²) >= 11 is 1.09. The van der Waals surface area contributed by atoms with Gasteiger partial charge in [-0.2, -0.15) is 4.31 Å². The molecule has 0 bridgehead atoms. The monoisotopic (exact) mass is 621 g/mol. The Morgan fingerprint density at radius 1 is 1.15 bits per heavy atom. The summed E-state index contributed by atoms with van der Waals surface area (Å²) in [6.45, 7) is 5.46. The number of benzene rings is 2. The molecule has 10 nitrogen and oxygen atoms in total. The van der Waals surface area contributed by atoms with E-state index in [9.17, 15) is 26.7 Å². The molecule has 0 saturated carbocycles. The largest absolute Gasteiger partial charge is 0.488 e. The lowest BCUT2D eigenvalue weighted by Crippen LogP contribution is -2.48. The van der Waals surface area contributed by atoms with Crippen LogP contribution in [0.25, 0.3) is 0 Å². The third-order valence-electron chi connectivity index (χ3n) is 7.09. The molecule has 3 atom stereocenters. The van der Waals surface area contributed by atoms with E-state index in [0.29, 0.717) is 11.3 Å². The maximum atomic E-state index is 13.4. The molecule has 3 aromatic rings. The van der Waals surface area contributed by atoms with Crippen molar-refractivity contribution < 1.29 is 31.5 Å². The average molecular weight is 622 g/mol. The number of aliphatic hydroxyl groups excluding tert-OH is 1. The zero-order valence-electron chi connectivity index (χ0n) is 23.3. The van der Waals surface area contributed by atoms with E-state index in [0.717, 1.165) is 16.9 Å². The standard InChI is InChI=1S/C28H35N3O7S3/c1-19-7-10-24(11-8-19)41(36,37)30(4)17-26-20(2)16-31(21(3)18-32)27(33)15-22-14-23(9-12-25(22)38-26)29-40(34,35)28-6-5-13-39-28/h5-14,20-21,26,29,32H,15-18H2,1-4H3/t20-,21-,26-/m0/s1. The molecule has 0 radical (unpaired) electrons. The van der Waals surface area contributed by atoms with Gasteiger partial charge in [0, 0.05) is 30.8 Å². The Kier molecular flexibility index (Phi) is 9.44. The van der Waals surface area contributed by atoms with Crippen LogP contribution in [-0.4, -0.2) is 75.9 Å². The van der Waals surface area contributed by atoms with E-state index in [-0.39, 0.29) is 52.7 Å². The van der Waals surface area contributed by atoms with Gasteiger partial charge >= 0.3 is 0 Å². The van der Waals surface area contributed by atoms with Gasteiger partial charge in [-0.1, -0.05) is 30.7 Å². The van der Waals surface area contributed by atoms with E-state index in [1.807, 2.05) is 13.8 Å². The van der Waals surface area contributed by atoms with Crippen molar-refractivity contribution in [3.05, 3.63) is 71.1 Å². The summed E-state index contributed by atoms with van der Waals surface area (Å²) < 4.78 is 62.6. The minimum Gasteiger partial charge on any atom is -0.488 e. The first-order valence-corrected chi connectivity index (χ1v) is 16.9. The van der Waals surface area contributed by atoms with Crippen LogP contribution < -0.4 is 9.46 Å². The smallest absolute Gasteiger partial charge is 0.271 e. The molecule has 2 aromatic carbocycles. The van der Waals surface area contributed by atoms with Gasteiger partial charge in [0.2, 0.25) is 15.9 Å². The van der Waals surface area contributed by atoms with Crippen LogP contribution in [0.3, 0.4) is 0 Å². The normalized spacial score (nSPS) is 19.1. The molecule has 1 aliphatic rings. The van der Waals surface area contributed by atoms with Crippen LogP contribution in [0.2, 0.25) is 0 Å². The number of fused-ring (bicyclic) bond motifs is 1. The summed E-state index contributed by atoms with van der Waals surface area (Å²) in [6, 6.07) is 14.0. The first-order chi connectivity index (χ1) is 19.3. The molecule has 0 fully saturated rings. The van der Waals surface area contributed by atoms with Crippen molar-refractivity contribution in [3.63, 3.8) is 0 Å². The summed E-state index contributed by atoms with van der Waals surface area (Å²) in [5.41, 5.74) is 1.65. The number of carbonyl (C=O) groups is 1. The molecule has 4 rings (SSSR count). The lowest BCUT2D eigenvalue weighted by Gasteiger charge is -2.33. The van der Waals surface area contributed by atoms with Crippen LogP contribution in [0.5, 0.6) is 5.75 Å². The second-order valence-electron chi connectivity index (χ2n) is 10.3. The Labute approximate surface area is 245 Å². The minimum absolute atomic E-state index is 0.000882. The zero-order valence-corrected chi connectivity index (χ0v) is 25.8. The quantitative estimate of drug-likeness (QED) is 0.375. The molecule has 0 unspecified atom stereocenters. The molecule has 1 amide bonds. The molecule has 1 aromatic heterocycles. The fourth-order valence-corrected chi connectivity index (χ4v) is 7.80. The lowest BCUT2D eigenvalue weighted by atomic mass is 10.0. The Balaban J connectivity index is 1.68. The average Bonchev–Trinajstić information content (AvgIpc) is 3.49. The van der Waals surface area contributed by atoms with E-state index in [1.165, 1.54) is 17.4 Å². The van der Waals surface area contributed by atoms with Crippen LogP contribution in [0.1, 0.15) is 25.0 Å². The first-order valence-electron chi connectivity index (χ1n) is 13.1. The van der Waals surface area contributed by atoms with Crippen molar-refractivity contribution in [1.82, 2.24) is 9.21 Å². The minimum atomic E-state index is -3.82. The number of rotatable bonds is 9. The second-order valence-corrected chi connectivity index (χ2v) is 15.2. The maximum absolute atomic E-state index is 13.4. The predicted octanol–water partition coefficient (Wildman–Crippen LogP) is 3.33. The molecule has 1 aliphatic heterocycles. The third-order valence-corrected chi connectivity index (χ3v) is 11.7. The molecule has 2 heterocycles. The summed E-state index contributed by atoms with van der Waals surface area (Å²) in [7, 11) is -6.15. The number of aliphatic hydroxyl groups is 1. The van der Waals surface area contributed by atoms with E-state index in [2.05, 4.69) is 4.72 Å². The molecule has 0 saturated heterocycles. The summed E-state index contributed by atoms with van der Waals surface area (Å²) in [4.78, 5) is 15.2. The predicted molar refractivity (Wildman–Crippen MR) is 158 cm³/mol. The van der Waals surface area contributed by atoms with Gasteiger partial charge in [0.1, 0.15) is 16.1 Å². The van der Waals surface area contributed by atoms with Crippen molar-refractivity contribution in [2.75, 3.05) is 31.5 Å². The number of nitrogens with zero attached hydrogens (tertiary/aromatic N) is 2. The Hall–Kier alpha value is -2.97. The molecular formula is C28H35N3O7S3. The number of ether oxygens (including phenoxy) is 1. The van der Waals surface area contributed by atoms with Crippen LogP contribution in [-0.2, 0) is 31.3 Å². The van der Waals surface area contributed by atoms with Gasteiger partial charge in [0.15, 0.2) is 0 Å². The molecule has 0 spiro atoms. The van der Waals surface area contributed by atoms with Crippen molar-refractivity contribution in [3.8, 4) is 5.75 Å². The second kappa shape index (κ2) is 12.5. The molecule has 13 heteroatoms. The fraction of sp³-hybridized carbons (Fsp3) is 0.393. The van der Waals surface area contributed by atoms with Gasteiger partial charge in [-0.3, -0.25) is 9.52 Å². The number of likely N-dealkylation sites (N-methyl/N-ethyl adjacent to an activating group) is 1. The Morgan fingerprint density at radius 2 is 1.85 bits per heavy atom. The third kappa shape index (κ3) is 7.09. The van der Waals surface area contributed by atoms with Gasteiger partial charge < -0.3 is 14.7 Å². The maximum Gasteiger partial charge on any atom is 0.271 e. The highest BCUT2D eigenvalue weighted by Gasteiger charge is 2.33. The Bertz CT molecular complexity index is 1570. The number of sulfonamides is 2. The highest BCUT2D eigenvalue weighted by atomic mass is 32.2. The first kappa shape index (κ1) is 31.0. The topological polar surface area (TPSA) is 133 Å². The lowest BCUT2D eigenvalue weighted by molar-refractivity contribution is -0.134. The van der Waals surface area contributed by atoms with E-state index < -0.39 is 32.2 Å². The summed E-state index contributed by atoms with van der Waals surface area (Å²) in [5.74, 6) is -0.219. The van der Waals surface area contributed by atoms with Crippen LogP contribution in [0.4, 0.5) is 5.69 Å². The summed E-state index contributed by atoms with van der Waals surface area (Å²) in [6.07, 6.45) is -0.752. The molecule has 41 heavy (non-hydrogen) atoms. The summed E-state index contributed by atoms with van der Waals surface area (Å²) in [5, 5.41) is 11.5.